The Morgan fingerprint density at radius 3 is 2.29 bits per heavy atom. The average Bonchev–Trinajstić information content (AvgIpc) is 2.13. The highest BCUT2D eigenvalue weighted by Gasteiger charge is 2.24. The molecular formula is C8H16N2O4. The van der Waals surface area contributed by atoms with Crippen molar-refractivity contribution in [1.29, 1.82) is 0 Å². The Hall–Kier alpha value is -1.30. The SMILES string of the molecule is CON(C)C(=O)C(C)C(C)NC(=O)O. The molecule has 0 fully saturated rings. The zero-order chi connectivity index (χ0) is 11.3. The standard InChI is InChI=1S/C8H16N2O4/c1-5(6(2)9-8(12)13)7(11)10(3)14-4/h5-6,9H,1-4H3,(H,12,13). The van der Waals surface area contributed by atoms with Gasteiger partial charge < -0.3 is 10.4 Å². The molecule has 0 spiro atoms. The summed E-state index contributed by atoms with van der Waals surface area (Å²) in [6, 6.07) is -0.447. The monoisotopic (exact) mass is 204 g/mol. The van der Waals surface area contributed by atoms with Crippen molar-refractivity contribution in [2.24, 2.45) is 5.92 Å². The second-order valence-electron chi connectivity index (χ2n) is 3.05. The summed E-state index contributed by atoms with van der Waals surface area (Å²) in [6.45, 7) is 3.26. The summed E-state index contributed by atoms with van der Waals surface area (Å²) in [5, 5.41) is 11.7. The Kier molecular flexibility index (Phi) is 4.93. The third-order valence-corrected chi connectivity index (χ3v) is 2.07. The minimum Gasteiger partial charge on any atom is -0.465 e. The Bertz CT molecular complexity index is 219. The van der Waals surface area contributed by atoms with Gasteiger partial charge in [0.05, 0.1) is 13.0 Å². The predicted octanol–water partition coefficient (Wildman–Crippen LogP) is 0.298. The van der Waals surface area contributed by atoms with Gasteiger partial charge in [-0.1, -0.05) is 6.92 Å². The first-order valence-electron chi connectivity index (χ1n) is 4.21. The van der Waals surface area contributed by atoms with Gasteiger partial charge in [0, 0.05) is 13.1 Å². The molecule has 0 aromatic carbocycles. The Morgan fingerprint density at radius 1 is 1.43 bits per heavy atom. The first-order chi connectivity index (χ1) is 6.40. The number of hydrogen-bond donors (Lipinski definition) is 2. The van der Waals surface area contributed by atoms with Gasteiger partial charge in [-0.3, -0.25) is 9.63 Å². The van der Waals surface area contributed by atoms with Gasteiger partial charge in [-0.2, -0.15) is 0 Å². The number of amides is 2. The molecule has 0 saturated carbocycles. The molecule has 2 atom stereocenters. The summed E-state index contributed by atoms with van der Waals surface area (Å²) in [5.41, 5.74) is 0. The minimum atomic E-state index is -1.14. The van der Waals surface area contributed by atoms with Gasteiger partial charge in [0.25, 0.3) is 5.91 Å². The first-order valence-corrected chi connectivity index (χ1v) is 4.21. The minimum absolute atomic E-state index is 0.270. The zero-order valence-electron chi connectivity index (χ0n) is 8.77. The number of rotatable bonds is 4. The average molecular weight is 204 g/mol. The van der Waals surface area contributed by atoms with Gasteiger partial charge in [-0.25, -0.2) is 9.86 Å². The second-order valence-corrected chi connectivity index (χ2v) is 3.05. The summed E-state index contributed by atoms with van der Waals surface area (Å²) in [7, 11) is 2.85. The van der Waals surface area contributed by atoms with Crippen molar-refractivity contribution in [2.45, 2.75) is 19.9 Å². The van der Waals surface area contributed by atoms with Gasteiger partial charge in [-0.05, 0) is 6.92 Å². The second kappa shape index (κ2) is 5.43. The van der Waals surface area contributed by atoms with Crippen LogP contribution in [0.1, 0.15) is 13.8 Å². The normalized spacial score (nSPS) is 14.3. The van der Waals surface area contributed by atoms with E-state index in [0.29, 0.717) is 0 Å². The molecule has 2 unspecified atom stereocenters. The van der Waals surface area contributed by atoms with Crippen LogP contribution in [0.15, 0.2) is 0 Å². The third-order valence-electron chi connectivity index (χ3n) is 2.07. The van der Waals surface area contributed by atoms with Gasteiger partial charge in [-0.15, -0.1) is 0 Å². The molecule has 0 aliphatic carbocycles. The lowest BCUT2D eigenvalue weighted by Crippen LogP contribution is -2.43. The van der Waals surface area contributed by atoms with Crippen molar-refractivity contribution in [1.82, 2.24) is 10.4 Å². The molecule has 0 aromatic heterocycles. The van der Waals surface area contributed by atoms with Crippen LogP contribution in [0, 0.1) is 5.92 Å². The number of nitrogens with one attached hydrogen (secondary N) is 1. The van der Waals surface area contributed by atoms with Gasteiger partial charge in [0.1, 0.15) is 0 Å². The van der Waals surface area contributed by atoms with E-state index in [0.717, 1.165) is 5.06 Å². The van der Waals surface area contributed by atoms with E-state index in [2.05, 4.69) is 5.32 Å². The molecule has 0 aliphatic rings. The third kappa shape index (κ3) is 3.61. The molecule has 6 heteroatoms. The highest BCUT2D eigenvalue weighted by Crippen LogP contribution is 2.06. The Balaban J connectivity index is 4.23. The van der Waals surface area contributed by atoms with Crippen LogP contribution >= 0.6 is 0 Å². The lowest BCUT2D eigenvalue weighted by atomic mass is 10.0. The number of carbonyl (C=O) groups excluding carboxylic acids is 1. The van der Waals surface area contributed by atoms with Crippen LogP contribution in [0.4, 0.5) is 4.79 Å². The van der Waals surface area contributed by atoms with Crippen LogP contribution in [0.25, 0.3) is 0 Å². The Labute approximate surface area is 82.8 Å². The van der Waals surface area contributed by atoms with Crippen LogP contribution in [-0.4, -0.2) is 42.4 Å². The molecule has 0 heterocycles. The fourth-order valence-corrected chi connectivity index (χ4v) is 0.910. The lowest BCUT2D eigenvalue weighted by molar-refractivity contribution is -0.173. The van der Waals surface area contributed by atoms with E-state index < -0.39 is 18.1 Å². The van der Waals surface area contributed by atoms with E-state index in [1.165, 1.54) is 14.2 Å². The quantitative estimate of drug-likeness (QED) is 0.645. The number of carboxylic acid groups (broad SMARTS) is 1. The number of hydrogen-bond acceptors (Lipinski definition) is 3. The molecule has 0 saturated heterocycles. The maximum atomic E-state index is 11.5. The molecule has 82 valence electrons. The highest BCUT2D eigenvalue weighted by atomic mass is 16.7. The van der Waals surface area contributed by atoms with E-state index in [1.54, 1.807) is 13.8 Å². The summed E-state index contributed by atoms with van der Waals surface area (Å²) >= 11 is 0. The first kappa shape index (κ1) is 12.7. The van der Waals surface area contributed by atoms with Crippen molar-refractivity contribution >= 4 is 12.0 Å². The molecular weight excluding hydrogens is 188 g/mol. The van der Waals surface area contributed by atoms with Crippen molar-refractivity contribution < 1.29 is 19.5 Å². The topological polar surface area (TPSA) is 78.9 Å². The molecule has 6 nitrogen and oxygen atoms in total. The van der Waals surface area contributed by atoms with Gasteiger partial charge >= 0.3 is 6.09 Å². The van der Waals surface area contributed by atoms with E-state index in [9.17, 15) is 9.59 Å². The molecule has 0 bridgehead atoms. The van der Waals surface area contributed by atoms with E-state index in [-0.39, 0.29) is 5.91 Å². The van der Waals surface area contributed by atoms with Crippen LogP contribution in [-0.2, 0) is 9.63 Å². The Morgan fingerprint density at radius 2 is 1.93 bits per heavy atom. The smallest absolute Gasteiger partial charge is 0.404 e. The molecule has 2 amide bonds. The molecule has 0 radical (unpaired) electrons. The van der Waals surface area contributed by atoms with Crippen molar-refractivity contribution in [3.8, 4) is 0 Å². The highest BCUT2D eigenvalue weighted by molar-refractivity contribution is 5.78. The van der Waals surface area contributed by atoms with E-state index in [4.69, 9.17) is 9.94 Å². The fraction of sp³-hybridized carbons (Fsp3) is 0.750. The zero-order valence-corrected chi connectivity index (χ0v) is 8.77. The molecule has 2 N–H and O–H groups in total. The molecule has 0 rings (SSSR count). The molecule has 0 aromatic rings. The van der Waals surface area contributed by atoms with E-state index in [1.807, 2.05) is 0 Å². The maximum absolute atomic E-state index is 11.5. The van der Waals surface area contributed by atoms with Crippen molar-refractivity contribution in [2.75, 3.05) is 14.2 Å². The predicted molar refractivity (Wildman–Crippen MR) is 49.6 cm³/mol. The van der Waals surface area contributed by atoms with Gasteiger partial charge in [0.15, 0.2) is 0 Å². The van der Waals surface area contributed by atoms with Gasteiger partial charge in [0.2, 0.25) is 0 Å². The number of hydroxylamine groups is 2. The number of carbonyl (C=O) groups is 2. The maximum Gasteiger partial charge on any atom is 0.404 e. The van der Waals surface area contributed by atoms with Crippen LogP contribution < -0.4 is 5.32 Å². The summed E-state index contributed by atoms with van der Waals surface area (Å²) in [4.78, 5) is 26.5. The lowest BCUT2D eigenvalue weighted by Gasteiger charge is -2.23. The van der Waals surface area contributed by atoms with Crippen LogP contribution in [0.2, 0.25) is 0 Å². The summed E-state index contributed by atoms with van der Waals surface area (Å²) < 4.78 is 0. The largest absolute Gasteiger partial charge is 0.465 e. The fourth-order valence-electron chi connectivity index (χ4n) is 0.910. The van der Waals surface area contributed by atoms with Crippen molar-refractivity contribution in [3.05, 3.63) is 0 Å². The summed E-state index contributed by atoms with van der Waals surface area (Å²) in [5.74, 6) is -0.732. The van der Waals surface area contributed by atoms with E-state index >= 15 is 0 Å². The molecule has 14 heavy (non-hydrogen) atoms. The van der Waals surface area contributed by atoms with Crippen LogP contribution in [0.3, 0.4) is 0 Å². The van der Waals surface area contributed by atoms with Crippen molar-refractivity contribution in [3.63, 3.8) is 0 Å². The summed E-state index contributed by atoms with van der Waals surface area (Å²) in [6.07, 6.45) is -1.14. The molecule has 0 aliphatic heterocycles. The van der Waals surface area contributed by atoms with Crippen LogP contribution in [0.5, 0.6) is 0 Å². The number of nitrogens with zero attached hydrogens (tertiary/aromatic N) is 1.